The second kappa shape index (κ2) is 4.97. The van der Waals surface area contributed by atoms with Gasteiger partial charge in [-0.05, 0) is 37.6 Å². The Morgan fingerprint density at radius 2 is 1.94 bits per heavy atom. The topological polar surface area (TPSA) is 42.4 Å². The second-order valence-electron chi connectivity index (χ2n) is 3.96. The van der Waals surface area contributed by atoms with Gasteiger partial charge in [0.2, 0.25) is 0 Å². The summed E-state index contributed by atoms with van der Waals surface area (Å²) in [5, 5.41) is 9.35. The van der Waals surface area contributed by atoms with Gasteiger partial charge in [-0.3, -0.25) is 4.98 Å². The van der Waals surface area contributed by atoms with E-state index in [2.05, 4.69) is 4.98 Å². The van der Waals surface area contributed by atoms with Gasteiger partial charge in [0.15, 0.2) is 0 Å². The molecular weight excluding hydrogens is 214 g/mol. The lowest BCUT2D eigenvalue weighted by molar-refractivity contribution is 0.194. The molecule has 88 valence electrons. The van der Waals surface area contributed by atoms with E-state index in [0.717, 1.165) is 11.3 Å². The summed E-state index contributed by atoms with van der Waals surface area (Å²) in [7, 11) is 0. The smallest absolute Gasteiger partial charge is 0.145 e. The monoisotopic (exact) mass is 229 g/mol. The minimum Gasteiger partial charge on any atom is -0.455 e. The summed E-state index contributed by atoms with van der Waals surface area (Å²) in [5.41, 5.74) is 1.72. The maximum Gasteiger partial charge on any atom is 0.145 e. The van der Waals surface area contributed by atoms with Gasteiger partial charge in [-0.25, -0.2) is 0 Å². The van der Waals surface area contributed by atoms with Crippen LogP contribution in [0.4, 0.5) is 0 Å². The van der Waals surface area contributed by atoms with Gasteiger partial charge in [0.25, 0.3) is 0 Å². The van der Waals surface area contributed by atoms with E-state index in [9.17, 15) is 5.11 Å². The number of para-hydroxylation sites is 1. The summed E-state index contributed by atoms with van der Waals surface area (Å²) in [6.45, 7) is 3.68. The number of hydrogen-bond acceptors (Lipinski definition) is 3. The van der Waals surface area contributed by atoms with Gasteiger partial charge in [-0.2, -0.15) is 0 Å². The van der Waals surface area contributed by atoms with Crippen LogP contribution in [-0.4, -0.2) is 10.1 Å². The number of pyridine rings is 1. The van der Waals surface area contributed by atoms with Crippen molar-refractivity contribution in [3.8, 4) is 11.5 Å². The highest BCUT2D eigenvalue weighted by Crippen LogP contribution is 2.24. The van der Waals surface area contributed by atoms with Crippen LogP contribution in [0.2, 0.25) is 0 Å². The first-order valence-electron chi connectivity index (χ1n) is 5.54. The lowest BCUT2D eigenvalue weighted by atomic mass is 10.2. The van der Waals surface area contributed by atoms with Gasteiger partial charge >= 0.3 is 0 Å². The molecule has 0 aliphatic carbocycles. The SMILES string of the molecule is Cc1ccccc1Oc1ccc(C(C)O)nc1. The highest BCUT2D eigenvalue weighted by Gasteiger charge is 2.04. The molecule has 0 saturated carbocycles. The molecule has 0 aliphatic heterocycles. The zero-order valence-electron chi connectivity index (χ0n) is 9.92. The van der Waals surface area contributed by atoms with Crippen molar-refractivity contribution in [2.75, 3.05) is 0 Å². The van der Waals surface area contributed by atoms with Crippen molar-refractivity contribution in [3.63, 3.8) is 0 Å². The lowest BCUT2D eigenvalue weighted by Crippen LogP contribution is -1.95. The molecule has 1 atom stereocenters. The predicted molar refractivity (Wildman–Crippen MR) is 66.1 cm³/mol. The maximum absolute atomic E-state index is 9.35. The Morgan fingerprint density at radius 1 is 1.18 bits per heavy atom. The summed E-state index contributed by atoms with van der Waals surface area (Å²) >= 11 is 0. The van der Waals surface area contributed by atoms with Crippen LogP contribution >= 0.6 is 0 Å². The molecule has 17 heavy (non-hydrogen) atoms. The lowest BCUT2D eigenvalue weighted by Gasteiger charge is -2.09. The number of aliphatic hydroxyl groups excluding tert-OH is 1. The summed E-state index contributed by atoms with van der Waals surface area (Å²) in [4.78, 5) is 4.13. The number of ether oxygens (including phenoxy) is 1. The number of rotatable bonds is 3. The minimum atomic E-state index is -0.553. The molecule has 0 spiro atoms. The van der Waals surface area contributed by atoms with Gasteiger partial charge in [-0.1, -0.05) is 18.2 Å². The molecule has 2 aromatic rings. The largest absolute Gasteiger partial charge is 0.455 e. The fraction of sp³-hybridized carbons (Fsp3) is 0.214. The summed E-state index contributed by atoms with van der Waals surface area (Å²) in [6.07, 6.45) is 1.07. The highest BCUT2D eigenvalue weighted by atomic mass is 16.5. The molecule has 1 aromatic heterocycles. The molecule has 0 fully saturated rings. The molecule has 3 heteroatoms. The van der Waals surface area contributed by atoms with Gasteiger partial charge in [0.05, 0.1) is 18.0 Å². The van der Waals surface area contributed by atoms with Crippen molar-refractivity contribution in [1.82, 2.24) is 4.98 Å². The number of benzene rings is 1. The number of aliphatic hydroxyl groups is 1. The Labute approximate surface area is 101 Å². The molecule has 0 radical (unpaired) electrons. The predicted octanol–water partition coefficient (Wildman–Crippen LogP) is 3.24. The zero-order valence-corrected chi connectivity index (χ0v) is 9.92. The first-order chi connectivity index (χ1) is 8.16. The van der Waals surface area contributed by atoms with Crippen molar-refractivity contribution in [2.45, 2.75) is 20.0 Å². The van der Waals surface area contributed by atoms with Crippen molar-refractivity contribution < 1.29 is 9.84 Å². The van der Waals surface area contributed by atoms with Crippen LogP contribution < -0.4 is 4.74 Å². The van der Waals surface area contributed by atoms with Crippen LogP contribution in [0, 0.1) is 6.92 Å². The average Bonchev–Trinajstić information content (AvgIpc) is 2.33. The average molecular weight is 229 g/mol. The van der Waals surface area contributed by atoms with Gasteiger partial charge in [0, 0.05) is 0 Å². The van der Waals surface area contributed by atoms with Crippen LogP contribution in [0.1, 0.15) is 24.3 Å². The number of hydrogen-bond donors (Lipinski definition) is 1. The second-order valence-corrected chi connectivity index (χ2v) is 3.96. The van der Waals surface area contributed by atoms with Crippen molar-refractivity contribution >= 4 is 0 Å². The van der Waals surface area contributed by atoms with Crippen LogP contribution in [0.5, 0.6) is 11.5 Å². The first kappa shape index (κ1) is 11.6. The molecule has 1 unspecified atom stereocenters. The highest BCUT2D eigenvalue weighted by molar-refractivity contribution is 5.36. The van der Waals surface area contributed by atoms with Crippen LogP contribution in [0.25, 0.3) is 0 Å². The Bertz CT molecular complexity index is 492. The van der Waals surface area contributed by atoms with Gasteiger partial charge < -0.3 is 9.84 Å². The van der Waals surface area contributed by atoms with Gasteiger partial charge in [0.1, 0.15) is 11.5 Å². The molecule has 1 aromatic carbocycles. The molecule has 3 nitrogen and oxygen atoms in total. The van der Waals surface area contributed by atoms with E-state index in [4.69, 9.17) is 4.74 Å². The fourth-order valence-electron chi connectivity index (χ4n) is 1.50. The molecule has 0 bridgehead atoms. The van der Waals surface area contributed by atoms with Crippen LogP contribution in [0.15, 0.2) is 42.6 Å². The van der Waals surface area contributed by atoms with Crippen LogP contribution in [-0.2, 0) is 0 Å². The minimum absolute atomic E-state index is 0.553. The Balaban J connectivity index is 2.17. The van der Waals surface area contributed by atoms with E-state index in [-0.39, 0.29) is 0 Å². The Kier molecular flexibility index (Phi) is 3.40. The third kappa shape index (κ3) is 2.82. The normalized spacial score (nSPS) is 12.2. The maximum atomic E-state index is 9.35. The zero-order chi connectivity index (χ0) is 12.3. The third-order valence-electron chi connectivity index (χ3n) is 2.51. The molecule has 1 heterocycles. The van der Waals surface area contributed by atoms with Crippen molar-refractivity contribution in [2.24, 2.45) is 0 Å². The van der Waals surface area contributed by atoms with Gasteiger partial charge in [-0.15, -0.1) is 0 Å². The number of aromatic nitrogens is 1. The van der Waals surface area contributed by atoms with Crippen LogP contribution in [0.3, 0.4) is 0 Å². The third-order valence-corrected chi connectivity index (χ3v) is 2.51. The summed E-state index contributed by atoms with van der Waals surface area (Å²) in [5.74, 6) is 1.49. The first-order valence-corrected chi connectivity index (χ1v) is 5.54. The Hall–Kier alpha value is -1.87. The Morgan fingerprint density at radius 3 is 2.53 bits per heavy atom. The van der Waals surface area contributed by atoms with E-state index in [1.807, 2.05) is 37.3 Å². The van der Waals surface area contributed by atoms with E-state index in [0.29, 0.717) is 11.4 Å². The number of aryl methyl sites for hydroxylation is 1. The van der Waals surface area contributed by atoms with E-state index in [1.165, 1.54) is 0 Å². The summed E-state index contributed by atoms with van der Waals surface area (Å²) < 4.78 is 5.70. The standard InChI is InChI=1S/C14H15NO2/c1-10-5-3-4-6-14(10)17-12-7-8-13(11(2)16)15-9-12/h3-9,11,16H,1-2H3. The molecule has 2 rings (SSSR count). The fourth-order valence-corrected chi connectivity index (χ4v) is 1.50. The molecule has 1 N–H and O–H groups in total. The van der Waals surface area contributed by atoms with Crippen molar-refractivity contribution in [3.05, 3.63) is 53.9 Å². The quantitative estimate of drug-likeness (QED) is 0.878. The van der Waals surface area contributed by atoms with E-state index < -0.39 is 6.10 Å². The molecular formula is C14H15NO2. The molecule has 0 amide bonds. The summed E-state index contributed by atoms with van der Waals surface area (Å²) in [6, 6.07) is 11.4. The number of nitrogens with zero attached hydrogens (tertiary/aromatic N) is 1. The molecule has 0 aliphatic rings. The van der Waals surface area contributed by atoms with E-state index >= 15 is 0 Å². The molecule has 0 saturated heterocycles. The van der Waals surface area contributed by atoms with Crippen molar-refractivity contribution in [1.29, 1.82) is 0 Å². The van der Waals surface area contributed by atoms with E-state index in [1.54, 1.807) is 19.2 Å².